The van der Waals surface area contributed by atoms with Gasteiger partial charge in [0.15, 0.2) is 5.82 Å². The second kappa shape index (κ2) is 8.88. The smallest absolute Gasteiger partial charge is 0.291 e. The normalized spacial score (nSPS) is 10.7. The number of benzene rings is 2. The number of H-pyrrole nitrogens is 2. The van der Waals surface area contributed by atoms with Crippen molar-refractivity contribution in [3.05, 3.63) is 90.3 Å². The number of nitrogens with one attached hydrogen (secondary N) is 3. The molecule has 0 aliphatic rings. The van der Waals surface area contributed by atoms with Crippen LogP contribution < -0.4 is 5.32 Å². The molecule has 34 heavy (non-hydrogen) atoms. The van der Waals surface area contributed by atoms with E-state index < -0.39 is 0 Å². The van der Waals surface area contributed by atoms with Crippen LogP contribution in [-0.4, -0.2) is 49.7 Å². The Morgan fingerprint density at radius 2 is 1.91 bits per heavy atom. The summed E-state index contributed by atoms with van der Waals surface area (Å²) in [7, 11) is 1.61. The van der Waals surface area contributed by atoms with Crippen molar-refractivity contribution in [2.45, 2.75) is 0 Å². The van der Waals surface area contributed by atoms with Gasteiger partial charge in [0.1, 0.15) is 11.5 Å². The Morgan fingerprint density at radius 1 is 1.09 bits per heavy atom. The molecule has 5 aromatic rings. The lowest BCUT2D eigenvalue weighted by atomic mass is 10.1. The van der Waals surface area contributed by atoms with Crippen LogP contribution in [-0.2, 0) is 0 Å². The second-order valence-electron chi connectivity index (χ2n) is 7.74. The number of aromatic amines is 2. The van der Waals surface area contributed by atoms with Crippen LogP contribution in [0, 0.1) is 6.57 Å². The Bertz CT molecular complexity index is 1500. The zero-order chi connectivity index (χ0) is 23.5. The number of aromatic nitrogens is 5. The Morgan fingerprint density at radius 3 is 2.68 bits per heavy atom. The standard InChI is InChI=1S/C25H20N8O/c1-26-15-33(2)25(34)22-11-17-3-4-18(12-21(17)31-22)24-27-10-9-23(32-24)30-20-7-5-16(6-8-20)19-13-28-29-14-19/h3-14,31H,15H2,2H3,(H,28,29)(H,27,30,32). The summed E-state index contributed by atoms with van der Waals surface area (Å²) in [6, 6.07) is 17.4. The van der Waals surface area contributed by atoms with Crippen molar-refractivity contribution in [1.29, 1.82) is 0 Å². The summed E-state index contributed by atoms with van der Waals surface area (Å²) in [5, 5.41) is 11.0. The van der Waals surface area contributed by atoms with E-state index in [9.17, 15) is 4.79 Å². The lowest BCUT2D eigenvalue weighted by Crippen LogP contribution is -2.26. The molecular formula is C25H20N8O. The number of nitrogens with zero attached hydrogens (tertiary/aromatic N) is 5. The average Bonchev–Trinajstić information content (AvgIpc) is 3.54. The highest BCUT2D eigenvalue weighted by atomic mass is 16.2. The molecule has 0 saturated heterocycles. The van der Waals surface area contributed by atoms with Gasteiger partial charge in [-0.2, -0.15) is 5.10 Å². The van der Waals surface area contributed by atoms with Crippen molar-refractivity contribution >= 4 is 28.3 Å². The van der Waals surface area contributed by atoms with Gasteiger partial charge in [0, 0.05) is 47.2 Å². The number of amides is 1. The largest absolute Gasteiger partial charge is 0.351 e. The quantitative estimate of drug-likeness (QED) is 0.326. The van der Waals surface area contributed by atoms with Crippen LogP contribution in [0.1, 0.15) is 10.5 Å². The molecule has 0 aliphatic heterocycles. The Hall–Kier alpha value is -4.97. The van der Waals surface area contributed by atoms with Crippen LogP contribution >= 0.6 is 0 Å². The molecule has 0 fully saturated rings. The van der Waals surface area contributed by atoms with E-state index in [1.807, 2.05) is 54.7 Å². The zero-order valence-corrected chi connectivity index (χ0v) is 18.3. The first-order valence-corrected chi connectivity index (χ1v) is 10.5. The van der Waals surface area contributed by atoms with E-state index >= 15 is 0 Å². The predicted octanol–water partition coefficient (Wildman–Crippen LogP) is 4.71. The van der Waals surface area contributed by atoms with Gasteiger partial charge in [-0.1, -0.05) is 24.3 Å². The zero-order valence-electron chi connectivity index (χ0n) is 18.3. The molecule has 5 rings (SSSR count). The molecule has 0 bridgehead atoms. The summed E-state index contributed by atoms with van der Waals surface area (Å²) in [4.78, 5) is 29.3. The minimum Gasteiger partial charge on any atom is -0.351 e. The highest BCUT2D eigenvalue weighted by Crippen LogP contribution is 2.25. The maximum atomic E-state index is 12.5. The van der Waals surface area contributed by atoms with Crippen molar-refractivity contribution in [2.24, 2.45) is 0 Å². The van der Waals surface area contributed by atoms with Gasteiger partial charge in [0.2, 0.25) is 0 Å². The number of fused-ring (bicyclic) bond motifs is 1. The van der Waals surface area contributed by atoms with Crippen LogP contribution in [0.4, 0.5) is 11.5 Å². The van der Waals surface area contributed by atoms with Crippen LogP contribution in [0.5, 0.6) is 0 Å². The number of carbonyl (C=O) groups is 1. The molecule has 3 N–H and O–H groups in total. The number of anilines is 2. The van der Waals surface area contributed by atoms with Crippen molar-refractivity contribution in [3.8, 4) is 22.5 Å². The van der Waals surface area contributed by atoms with Crippen molar-refractivity contribution in [1.82, 2.24) is 30.0 Å². The van der Waals surface area contributed by atoms with E-state index in [0.29, 0.717) is 17.3 Å². The van der Waals surface area contributed by atoms with Crippen molar-refractivity contribution in [2.75, 3.05) is 19.0 Å². The first-order valence-electron chi connectivity index (χ1n) is 10.5. The van der Waals surface area contributed by atoms with Crippen LogP contribution in [0.15, 0.2) is 73.2 Å². The molecule has 0 spiro atoms. The topological polar surface area (TPSA) is 107 Å². The Labute approximate surface area is 195 Å². The van der Waals surface area contributed by atoms with Gasteiger partial charge < -0.3 is 10.3 Å². The van der Waals surface area contributed by atoms with E-state index in [0.717, 1.165) is 33.3 Å². The molecule has 0 radical (unpaired) electrons. The average molecular weight is 448 g/mol. The summed E-state index contributed by atoms with van der Waals surface area (Å²) >= 11 is 0. The van der Waals surface area contributed by atoms with E-state index in [-0.39, 0.29) is 12.6 Å². The van der Waals surface area contributed by atoms with E-state index in [2.05, 4.69) is 35.3 Å². The van der Waals surface area contributed by atoms with Gasteiger partial charge in [0.05, 0.1) is 6.20 Å². The van der Waals surface area contributed by atoms with Crippen molar-refractivity contribution in [3.63, 3.8) is 0 Å². The Balaban J connectivity index is 1.36. The molecule has 0 saturated carbocycles. The van der Waals surface area contributed by atoms with E-state index in [4.69, 9.17) is 6.57 Å². The summed E-state index contributed by atoms with van der Waals surface area (Å²) < 4.78 is 0. The van der Waals surface area contributed by atoms with Crippen LogP contribution in [0.2, 0.25) is 0 Å². The van der Waals surface area contributed by atoms with Crippen LogP contribution in [0.25, 0.3) is 38.3 Å². The third-order valence-corrected chi connectivity index (χ3v) is 5.39. The molecule has 0 aliphatic carbocycles. The molecule has 3 heterocycles. The minimum absolute atomic E-state index is 0.0130. The first-order chi connectivity index (χ1) is 16.6. The van der Waals surface area contributed by atoms with Crippen molar-refractivity contribution < 1.29 is 4.79 Å². The fourth-order valence-electron chi connectivity index (χ4n) is 3.63. The molecule has 9 nitrogen and oxygen atoms in total. The van der Waals surface area contributed by atoms with Gasteiger partial charge in [-0.25, -0.2) is 16.5 Å². The van der Waals surface area contributed by atoms with Gasteiger partial charge in [-0.3, -0.25) is 19.6 Å². The molecule has 2 aromatic carbocycles. The third-order valence-electron chi connectivity index (χ3n) is 5.39. The molecule has 9 heteroatoms. The third kappa shape index (κ3) is 4.20. The summed E-state index contributed by atoms with van der Waals surface area (Å²) in [6.45, 7) is 6.96. The van der Waals surface area contributed by atoms with Gasteiger partial charge in [0.25, 0.3) is 12.6 Å². The Kier molecular flexibility index (Phi) is 5.46. The maximum absolute atomic E-state index is 12.5. The number of hydrogen-bond donors (Lipinski definition) is 3. The first kappa shape index (κ1) is 20.9. The fraction of sp³-hybridized carbons (Fsp3) is 0.0800. The van der Waals surface area contributed by atoms with E-state index in [1.165, 1.54) is 4.90 Å². The molecule has 166 valence electrons. The summed E-state index contributed by atoms with van der Waals surface area (Å²) in [6.07, 6.45) is 5.34. The van der Waals surface area contributed by atoms with Gasteiger partial charge in [-0.15, -0.1) is 0 Å². The second-order valence-corrected chi connectivity index (χ2v) is 7.74. The SMILES string of the molecule is [C-]#[N+]CN(C)C(=O)c1cc2ccc(-c3nccc(Nc4ccc(-c5cn[nH]c5)cc4)n3)cc2[nH]1. The monoisotopic (exact) mass is 448 g/mol. The highest BCUT2D eigenvalue weighted by molar-refractivity contribution is 5.98. The van der Waals surface area contributed by atoms with Gasteiger partial charge >= 0.3 is 0 Å². The lowest BCUT2D eigenvalue weighted by Gasteiger charge is -2.08. The number of hydrogen-bond acceptors (Lipinski definition) is 5. The molecule has 0 unspecified atom stereocenters. The van der Waals surface area contributed by atoms with E-state index in [1.54, 1.807) is 25.5 Å². The maximum Gasteiger partial charge on any atom is 0.291 e. The lowest BCUT2D eigenvalue weighted by molar-refractivity contribution is 0.0804. The molecule has 3 aromatic heterocycles. The highest BCUT2D eigenvalue weighted by Gasteiger charge is 2.16. The summed E-state index contributed by atoms with van der Waals surface area (Å²) in [5.74, 6) is 1.01. The number of rotatable bonds is 6. The molecule has 0 atom stereocenters. The molecule has 1 amide bonds. The fourth-order valence-corrected chi connectivity index (χ4v) is 3.63. The minimum atomic E-state index is -0.227. The summed E-state index contributed by atoms with van der Waals surface area (Å²) in [5.41, 5.74) is 5.06. The predicted molar refractivity (Wildman–Crippen MR) is 130 cm³/mol. The number of carbonyl (C=O) groups excluding carboxylic acids is 1. The van der Waals surface area contributed by atoms with Gasteiger partial charge in [-0.05, 0) is 35.9 Å². The molecular weight excluding hydrogens is 428 g/mol. The van der Waals surface area contributed by atoms with Crippen LogP contribution in [0.3, 0.4) is 0 Å².